The normalized spacial score (nSPS) is 23.8. The maximum atomic E-state index is 4.00. The van der Waals surface area contributed by atoms with E-state index in [1.54, 1.807) is 11.1 Å². The van der Waals surface area contributed by atoms with Crippen LogP contribution in [0.15, 0.2) is 158 Å². The van der Waals surface area contributed by atoms with Crippen molar-refractivity contribution in [3.05, 3.63) is 169 Å². The SMILES string of the molecule is c1ccc(-c2ccc(-c3cc4c(cc3Nc3ccc5ccccc5c3)-c3ccccc3C43C4CC5CC(C4)CC3C5)c(-c3ccccc3)c2)cc1. The summed E-state index contributed by atoms with van der Waals surface area (Å²) in [5, 5.41) is 6.52. The van der Waals surface area contributed by atoms with Gasteiger partial charge in [0.05, 0.1) is 0 Å². The Labute approximate surface area is 301 Å². The van der Waals surface area contributed by atoms with Crippen molar-refractivity contribution in [1.82, 2.24) is 0 Å². The van der Waals surface area contributed by atoms with E-state index in [1.165, 1.54) is 93.1 Å². The third-order valence-electron chi connectivity index (χ3n) is 13.2. The molecule has 4 bridgehead atoms. The quantitative estimate of drug-likeness (QED) is 0.195. The van der Waals surface area contributed by atoms with Crippen LogP contribution in [0.2, 0.25) is 0 Å². The first-order valence-corrected chi connectivity index (χ1v) is 19.0. The maximum absolute atomic E-state index is 4.00. The van der Waals surface area contributed by atoms with E-state index < -0.39 is 0 Å². The topological polar surface area (TPSA) is 12.0 Å². The molecule has 1 heteroatoms. The van der Waals surface area contributed by atoms with Crippen LogP contribution in [0, 0.1) is 23.7 Å². The number of rotatable bonds is 5. The molecule has 246 valence electrons. The molecule has 0 heterocycles. The molecule has 7 aromatic carbocycles. The molecule has 0 aromatic heterocycles. The average molecular weight is 656 g/mol. The van der Waals surface area contributed by atoms with Crippen molar-refractivity contribution < 1.29 is 0 Å². The smallest absolute Gasteiger partial charge is 0.0470 e. The lowest BCUT2D eigenvalue weighted by atomic mass is 9.43. The van der Waals surface area contributed by atoms with E-state index in [1.807, 2.05) is 0 Å². The number of fused-ring (bicyclic) bond motifs is 4. The molecule has 0 atom stereocenters. The van der Waals surface area contributed by atoms with Crippen molar-refractivity contribution in [2.24, 2.45) is 23.7 Å². The third kappa shape index (κ3) is 4.47. The largest absolute Gasteiger partial charge is 0.355 e. The highest BCUT2D eigenvalue weighted by molar-refractivity contribution is 5.98. The first-order valence-electron chi connectivity index (χ1n) is 19.0. The van der Waals surface area contributed by atoms with Crippen LogP contribution in [0.1, 0.15) is 43.2 Å². The van der Waals surface area contributed by atoms with Crippen LogP contribution < -0.4 is 5.32 Å². The molecule has 5 aliphatic rings. The minimum absolute atomic E-state index is 0.104. The molecule has 1 N–H and O–H groups in total. The minimum atomic E-state index is 0.104. The molecule has 4 fully saturated rings. The summed E-state index contributed by atoms with van der Waals surface area (Å²) in [6, 6.07) is 59.1. The fraction of sp³-hybridized carbons (Fsp3) is 0.200. The molecule has 0 unspecified atom stereocenters. The maximum Gasteiger partial charge on any atom is 0.0470 e. The molecule has 51 heavy (non-hydrogen) atoms. The van der Waals surface area contributed by atoms with Crippen molar-refractivity contribution in [3.8, 4) is 44.5 Å². The summed E-state index contributed by atoms with van der Waals surface area (Å²) in [6.07, 6.45) is 7.00. The van der Waals surface area contributed by atoms with E-state index in [0.717, 1.165) is 29.4 Å². The first-order chi connectivity index (χ1) is 25.2. The van der Waals surface area contributed by atoms with E-state index in [4.69, 9.17) is 0 Å². The predicted octanol–water partition coefficient (Wildman–Crippen LogP) is 13.3. The number of nitrogens with one attached hydrogen (secondary N) is 1. The highest BCUT2D eigenvalue weighted by Crippen LogP contribution is 2.70. The molecule has 0 radical (unpaired) electrons. The van der Waals surface area contributed by atoms with Crippen molar-refractivity contribution >= 4 is 22.1 Å². The van der Waals surface area contributed by atoms with Gasteiger partial charge in [-0.05, 0) is 147 Å². The van der Waals surface area contributed by atoms with Gasteiger partial charge in [-0.1, -0.05) is 127 Å². The van der Waals surface area contributed by atoms with Crippen LogP contribution in [0.4, 0.5) is 11.4 Å². The highest BCUT2D eigenvalue weighted by atomic mass is 14.9. The van der Waals surface area contributed by atoms with Crippen LogP contribution in [0.5, 0.6) is 0 Å². The van der Waals surface area contributed by atoms with Gasteiger partial charge in [0.1, 0.15) is 0 Å². The Kier molecular flexibility index (Phi) is 6.50. The third-order valence-corrected chi connectivity index (χ3v) is 13.2. The van der Waals surface area contributed by atoms with Crippen LogP contribution in [-0.4, -0.2) is 0 Å². The zero-order chi connectivity index (χ0) is 33.5. The Morgan fingerprint density at radius 3 is 1.82 bits per heavy atom. The van der Waals surface area contributed by atoms with Gasteiger partial charge in [-0.3, -0.25) is 0 Å². The van der Waals surface area contributed by atoms with Crippen molar-refractivity contribution in [1.29, 1.82) is 0 Å². The zero-order valence-electron chi connectivity index (χ0n) is 28.9. The van der Waals surface area contributed by atoms with Crippen LogP contribution in [0.3, 0.4) is 0 Å². The molecular formula is C50H41N. The molecule has 5 aliphatic carbocycles. The van der Waals surface area contributed by atoms with Crippen molar-refractivity contribution in [2.45, 2.75) is 37.5 Å². The van der Waals surface area contributed by atoms with E-state index in [-0.39, 0.29) is 5.41 Å². The molecular weight excluding hydrogens is 615 g/mol. The molecule has 0 amide bonds. The lowest BCUT2D eigenvalue weighted by molar-refractivity contribution is -0.0399. The zero-order valence-corrected chi connectivity index (χ0v) is 28.9. The van der Waals surface area contributed by atoms with E-state index >= 15 is 0 Å². The molecule has 1 nitrogen and oxygen atoms in total. The Balaban J connectivity index is 1.17. The molecule has 7 aromatic rings. The minimum Gasteiger partial charge on any atom is -0.355 e. The van der Waals surface area contributed by atoms with Crippen molar-refractivity contribution in [3.63, 3.8) is 0 Å². The molecule has 0 saturated heterocycles. The van der Waals surface area contributed by atoms with Gasteiger partial charge in [-0.25, -0.2) is 0 Å². The molecule has 0 aliphatic heterocycles. The Morgan fingerprint density at radius 1 is 0.392 bits per heavy atom. The van der Waals surface area contributed by atoms with Gasteiger partial charge in [-0.2, -0.15) is 0 Å². The van der Waals surface area contributed by atoms with Crippen molar-refractivity contribution in [2.75, 3.05) is 5.32 Å². The number of anilines is 2. The summed E-state index contributed by atoms with van der Waals surface area (Å²) in [5.41, 5.74) is 16.0. The van der Waals surface area contributed by atoms with Crippen LogP contribution in [0.25, 0.3) is 55.3 Å². The molecule has 12 rings (SSSR count). The Bertz CT molecular complexity index is 2430. The Hall–Kier alpha value is -5.40. The van der Waals surface area contributed by atoms with Gasteiger partial charge in [0.15, 0.2) is 0 Å². The fourth-order valence-electron chi connectivity index (χ4n) is 11.4. The summed E-state index contributed by atoms with van der Waals surface area (Å²) in [5.74, 6) is 3.27. The van der Waals surface area contributed by atoms with Gasteiger partial charge in [0, 0.05) is 22.4 Å². The second-order valence-electron chi connectivity index (χ2n) is 15.8. The lowest BCUT2D eigenvalue weighted by Gasteiger charge is -2.61. The summed E-state index contributed by atoms with van der Waals surface area (Å²) < 4.78 is 0. The summed E-state index contributed by atoms with van der Waals surface area (Å²) in [6.45, 7) is 0. The monoisotopic (exact) mass is 655 g/mol. The summed E-state index contributed by atoms with van der Waals surface area (Å²) in [7, 11) is 0. The summed E-state index contributed by atoms with van der Waals surface area (Å²) in [4.78, 5) is 0. The van der Waals surface area contributed by atoms with Gasteiger partial charge < -0.3 is 5.32 Å². The van der Waals surface area contributed by atoms with E-state index in [0.29, 0.717) is 0 Å². The van der Waals surface area contributed by atoms with E-state index in [9.17, 15) is 0 Å². The number of benzene rings is 7. The average Bonchev–Trinajstić information content (AvgIpc) is 3.46. The Morgan fingerprint density at radius 2 is 1.06 bits per heavy atom. The first kappa shape index (κ1) is 29.3. The second kappa shape index (κ2) is 11.3. The van der Waals surface area contributed by atoms with Crippen LogP contribution >= 0.6 is 0 Å². The number of hydrogen-bond donors (Lipinski definition) is 1. The molecule has 4 saturated carbocycles. The van der Waals surface area contributed by atoms with E-state index in [2.05, 4.69) is 163 Å². The van der Waals surface area contributed by atoms with Crippen LogP contribution in [-0.2, 0) is 5.41 Å². The fourth-order valence-corrected chi connectivity index (χ4v) is 11.4. The molecule has 1 spiro atoms. The van der Waals surface area contributed by atoms with Gasteiger partial charge in [-0.15, -0.1) is 0 Å². The summed E-state index contributed by atoms with van der Waals surface area (Å²) >= 11 is 0. The number of hydrogen-bond acceptors (Lipinski definition) is 1. The lowest BCUT2D eigenvalue weighted by Crippen LogP contribution is -2.55. The highest BCUT2D eigenvalue weighted by Gasteiger charge is 2.61. The second-order valence-corrected chi connectivity index (χ2v) is 15.8. The van der Waals surface area contributed by atoms with Gasteiger partial charge in [0.2, 0.25) is 0 Å². The van der Waals surface area contributed by atoms with Gasteiger partial charge in [0.25, 0.3) is 0 Å². The predicted molar refractivity (Wildman–Crippen MR) is 213 cm³/mol. The van der Waals surface area contributed by atoms with Gasteiger partial charge >= 0.3 is 0 Å². The standard InChI is InChI=1S/C50H41N/c1-3-11-34(12-4-1)38-20-22-42(44(29-38)36-14-5-2-6-15-36)46-30-48-45(31-49(46)51-41-21-19-35-13-7-8-16-37(35)28-41)43-17-9-10-18-47(43)50(48)39-24-32-23-33(26-39)27-40(50)25-32/h1-22,28-33,39-40,51H,23-27H2.